The van der Waals surface area contributed by atoms with Gasteiger partial charge in [-0.2, -0.15) is 0 Å². The molecule has 0 amide bonds. The molecule has 4 aliphatic rings. The molecular formula is C20H25BrMgO2. The third-order valence-electron chi connectivity index (χ3n) is 7.01. The van der Waals surface area contributed by atoms with Crippen LogP contribution in [0, 0.1) is 41.9 Å². The van der Waals surface area contributed by atoms with Crippen LogP contribution in [0.2, 0.25) is 0 Å². The first-order chi connectivity index (χ1) is 10.6. The maximum Gasteiger partial charge on any atom is 2.00 e. The van der Waals surface area contributed by atoms with E-state index < -0.39 is 0 Å². The number of carbonyl (C=O) groups excluding carboxylic acids is 2. The van der Waals surface area contributed by atoms with E-state index in [1.165, 1.54) is 18.4 Å². The van der Waals surface area contributed by atoms with E-state index in [9.17, 15) is 9.59 Å². The molecule has 0 aromatic carbocycles. The summed E-state index contributed by atoms with van der Waals surface area (Å²) < 4.78 is 0. The van der Waals surface area contributed by atoms with Gasteiger partial charge in [-0.3, -0.25) is 9.59 Å². The molecule has 0 aliphatic heterocycles. The van der Waals surface area contributed by atoms with E-state index in [0.29, 0.717) is 23.4 Å². The fraction of sp³-hybridized carbons (Fsp3) is 0.700. The summed E-state index contributed by atoms with van der Waals surface area (Å²) in [6.07, 6.45) is 19.3. The first-order valence-corrected chi connectivity index (χ1v) is 8.65. The van der Waals surface area contributed by atoms with Gasteiger partial charge in [-0.05, 0) is 68.3 Å². The molecule has 0 aromatic heterocycles. The molecule has 0 radical (unpaired) electrons. The van der Waals surface area contributed by atoms with Crippen LogP contribution < -0.4 is 17.0 Å². The Hall–Kier alpha value is -0.114. The van der Waals surface area contributed by atoms with Crippen LogP contribution in [-0.2, 0) is 9.59 Å². The van der Waals surface area contributed by atoms with Crippen LogP contribution in [0.25, 0.3) is 0 Å². The maximum atomic E-state index is 12.3. The number of ketones is 2. The molecule has 24 heavy (non-hydrogen) atoms. The summed E-state index contributed by atoms with van der Waals surface area (Å²) in [5.41, 5.74) is 1.43. The van der Waals surface area contributed by atoms with Crippen molar-refractivity contribution >= 4 is 34.6 Å². The summed E-state index contributed by atoms with van der Waals surface area (Å²) in [6, 6.07) is 0. The predicted molar refractivity (Wildman–Crippen MR) is 91.0 cm³/mol. The van der Waals surface area contributed by atoms with E-state index in [1.807, 2.05) is 6.08 Å². The molecule has 126 valence electrons. The summed E-state index contributed by atoms with van der Waals surface area (Å²) >= 11 is 0. The molecule has 3 saturated carbocycles. The number of hydrogen-bond donors (Lipinski definition) is 0. The Bertz CT molecular complexity index is 553. The minimum atomic E-state index is -0.00707. The Morgan fingerprint density at radius 1 is 1.04 bits per heavy atom. The molecule has 4 unspecified atom stereocenters. The monoisotopic (exact) mass is 400 g/mol. The van der Waals surface area contributed by atoms with Gasteiger partial charge in [0.15, 0.2) is 5.78 Å². The van der Waals surface area contributed by atoms with Crippen LogP contribution in [0.4, 0.5) is 0 Å². The number of terminal acetylenes is 1. The van der Waals surface area contributed by atoms with E-state index in [0.717, 1.165) is 50.4 Å². The number of rotatable bonds is 0. The average Bonchev–Trinajstić information content (AvgIpc) is 2.84. The molecule has 5 atom stereocenters. The second kappa shape index (κ2) is 8.51. The van der Waals surface area contributed by atoms with E-state index in [4.69, 9.17) is 6.42 Å². The molecule has 0 heterocycles. The Kier molecular flexibility index (Phi) is 7.78. The third-order valence-corrected chi connectivity index (χ3v) is 7.01. The molecule has 3 fully saturated rings. The van der Waals surface area contributed by atoms with Crippen LogP contribution in [0.5, 0.6) is 0 Å². The first kappa shape index (κ1) is 21.9. The molecule has 4 rings (SSSR count). The van der Waals surface area contributed by atoms with Gasteiger partial charge >= 0.3 is 23.1 Å². The summed E-state index contributed by atoms with van der Waals surface area (Å²) in [7, 11) is 0. The smallest absolute Gasteiger partial charge is 1.00 e. The number of halogens is 1. The molecular weight excluding hydrogens is 376 g/mol. The van der Waals surface area contributed by atoms with E-state index in [2.05, 4.69) is 13.3 Å². The van der Waals surface area contributed by atoms with Gasteiger partial charge in [0.1, 0.15) is 5.78 Å². The largest absolute Gasteiger partial charge is 2.00 e. The number of carbonyl (C=O) groups is 2. The van der Waals surface area contributed by atoms with Crippen molar-refractivity contribution < 1.29 is 26.6 Å². The van der Waals surface area contributed by atoms with Crippen molar-refractivity contribution in [1.82, 2.24) is 0 Å². The van der Waals surface area contributed by atoms with Gasteiger partial charge in [-0.1, -0.05) is 12.5 Å². The van der Waals surface area contributed by atoms with Gasteiger partial charge in [0.05, 0.1) is 0 Å². The van der Waals surface area contributed by atoms with Gasteiger partial charge in [0.25, 0.3) is 0 Å². The fourth-order valence-electron chi connectivity index (χ4n) is 5.95. The Labute approximate surface area is 172 Å². The second-order valence-electron chi connectivity index (χ2n) is 7.72. The van der Waals surface area contributed by atoms with Gasteiger partial charge in [0, 0.05) is 18.3 Å². The SMILES string of the molecule is C[C@]12CCC3C4CCC(=O)C=C4CCC3C1CCC2=O.[Br-].[C-]#C.[Mg+2]. The Morgan fingerprint density at radius 3 is 2.46 bits per heavy atom. The fourth-order valence-corrected chi connectivity index (χ4v) is 5.95. The molecule has 0 N–H and O–H groups in total. The van der Waals surface area contributed by atoms with Crippen molar-refractivity contribution in [3.8, 4) is 6.42 Å². The normalized spacial score (nSPS) is 39.5. The Balaban J connectivity index is 0.000000695. The summed E-state index contributed by atoms with van der Waals surface area (Å²) in [5, 5.41) is 0. The Morgan fingerprint density at radius 2 is 1.75 bits per heavy atom. The number of hydrogen-bond acceptors (Lipinski definition) is 2. The van der Waals surface area contributed by atoms with Gasteiger partial charge in [-0.25, -0.2) is 0 Å². The van der Waals surface area contributed by atoms with Crippen LogP contribution in [0.1, 0.15) is 58.3 Å². The molecule has 4 aliphatic carbocycles. The van der Waals surface area contributed by atoms with Crippen LogP contribution in [0.15, 0.2) is 11.6 Å². The number of allylic oxidation sites excluding steroid dienone is 1. The van der Waals surface area contributed by atoms with Gasteiger partial charge < -0.3 is 29.8 Å². The first-order valence-electron chi connectivity index (χ1n) is 8.65. The molecule has 0 aromatic rings. The van der Waals surface area contributed by atoms with Crippen molar-refractivity contribution in [3.63, 3.8) is 0 Å². The summed E-state index contributed by atoms with van der Waals surface area (Å²) in [5.74, 6) is 3.66. The van der Waals surface area contributed by atoms with Crippen molar-refractivity contribution in [2.24, 2.45) is 29.1 Å². The predicted octanol–water partition coefficient (Wildman–Crippen LogP) is 0.526. The molecule has 0 spiro atoms. The van der Waals surface area contributed by atoms with Crippen LogP contribution >= 0.6 is 0 Å². The quantitative estimate of drug-likeness (QED) is 0.337. The van der Waals surface area contributed by atoms with Gasteiger partial charge in [0.2, 0.25) is 0 Å². The molecule has 4 heteroatoms. The summed E-state index contributed by atoms with van der Waals surface area (Å²) in [4.78, 5) is 23.9. The standard InChI is InChI=1S/C18H24O2.C2H.BrH.Mg/c1-18-9-8-14-13-5-3-12(19)10-11(13)2-4-15(14)16(18)6-7-17(18)20;1-2;;/h10,13-16H,2-9H2,1H3;1H;1H;/q;-1;;+2/p-1/t13?,14?,15?,16?,18-;;;/m0.../s1. The van der Waals surface area contributed by atoms with Crippen LogP contribution in [-0.4, -0.2) is 34.6 Å². The second-order valence-corrected chi connectivity index (χ2v) is 7.72. The van der Waals surface area contributed by atoms with Crippen molar-refractivity contribution in [2.75, 3.05) is 0 Å². The molecule has 0 saturated heterocycles. The molecule has 2 nitrogen and oxygen atoms in total. The van der Waals surface area contributed by atoms with Crippen molar-refractivity contribution in [1.29, 1.82) is 0 Å². The van der Waals surface area contributed by atoms with Crippen molar-refractivity contribution in [2.45, 2.75) is 58.3 Å². The van der Waals surface area contributed by atoms with E-state index in [-0.39, 0.29) is 45.4 Å². The van der Waals surface area contributed by atoms with Crippen molar-refractivity contribution in [3.05, 3.63) is 18.1 Å². The van der Waals surface area contributed by atoms with Gasteiger partial charge in [-0.15, -0.1) is 0 Å². The van der Waals surface area contributed by atoms with E-state index >= 15 is 0 Å². The topological polar surface area (TPSA) is 34.1 Å². The van der Waals surface area contributed by atoms with E-state index in [1.54, 1.807) is 0 Å². The molecule has 0 bridgehead atoms. The zero-order chi connectivity index (χ0) is 15.9. The number of Topliss-reactive ketones (excluding diaryl/α,β-unsaturated/α-hetero) is 1. The summed E-state index contributed by atoms with van der Waals surface area (Å²) in [6.45, 7) is 2.24. The maximum absolute atomic E-state index is 12.3. The third kappa shape index (κ3) is 3.41. The minimum Gasteiger partial charge on any atom is -1.00 e. The average molecular weight is 402 g/mol. The minimum absolute atomic E-state index is 0. The zero-order valence-electron chi connectivity index (χ0n) is 14.5. The number of fused-ring (bicyclic) bond motifs is 5. The zero-order valence-corrected chi connectivity index (χ0v) is 17.5. The van der Waals surface area contributed by atoms with Crippen LogP contribution in [0.3, 0.4) is 0 Å².